The van der Waals surface area contributed by atoms with Crippen LogP contribution in [0.25, 0.3) is 0 Å². The molecule has 0 atom stereocenters. The number of aryl methyl sites for hydroxylation is 1. The summed E-state index contributed by atoms with van der Waals surface area (Å²) in [4.78, 5) is 0. The summed E-state index contributed by atoms with van der Waals surface area (Å²) in [6.07, 6.45) is 1.74. The molecule has 0 aliphatic carbocycles. The molecule has 7 heteroatoms. The van der Waals surface area contributed by atoms with Gasteiger partial charge in [0.2, 0.25) is 0 Å². The molecule has 0 radical (unpaired) electrons. The Morgan fingerprint density at radius 2 is 1.77 bits per heavy atom. The van der Waals surface area contributed by atoms with Gasteiger partial charge in [0.1, 0.15) is 11.5 Å². The maximum Gasteiger partial charge on any atom is 0.148 e. The van der Waals surface area contributed by atoms with E-state index >= 15 is 0 Å². The van der Waals surface area contributed by atoms with Gasteiger partial charge < -0.3 is 5.32 Å². The van der Waals surface area contributed by atoms with Gasteiger partial charge >= 0.3 is 0 Å². The molecular weight excluding hydrogens is 353 g/mol. The first kappa shape index (κ1) is 19.0. The first-order valence-corrected chi connectivity index (χ1v) is 10.3. The van der Waals surface area contributed by atoms with E-state index in [1.54, 1.807) is 29.4 Å². The number of nitrogens with zero attached hydrogens (tertiary/aromatic N) is 2. The van der Waals surface area contributed by atoms with Gasteiger partial charge in [-0.25, -0.2) is 8.70 Å². The third kappa shape index (κ3) is 3.53. The Kier molecular flexibility index (Phi) is 5.72. The van der Waals surface area contributed by atoms with Crippen molar-refractivity contribution in [3.63, 3.8) is 0 Å². The standard InChI is InChI=1S/C19H26FN3O2S/c1-3-21-12-6-7-13-22-18-8-4-5-9-19(18)23(26(22,24)25)17-11-10-15(2)14-16(17)20/h4-5,8-11,14,21,24-25H,3,6-7,12-13H2,1-2H3. The second-order valence-electron chi connectivity index (χ2n) is 6.39. The van der Waals surface area contributed by atoms with Crippen LogP contribution in [0.3, 0.4) is 0 Å². The van der Waals surface area contributed by atoms with E-state index in [1.807, 2.05) is 18.2 Å². The van der Waals surface area contributed by atoms with E-state index in [9.17, 15) is 13.5 Å². The quantitative estimate of drug-likeness (QED) is 0.587. The number of benzene rings is 2. The average Bonchev–Trinajstić information content (AvgIpc) is 2.82. The molecule has 1 aliphatic heterocycles. The Bertz CT molecular complexity index is 772. The largest absolute Gasteiger partial charge is 0.317 e. The number of anilines is 3. The molecule has 0 amide bonds. The van der Waals surface area contributed by atoms with Crippen LogP contribution in [-0.2, 0) is 0 Å². The molecular formula is C19H26FN3O2S. The van der Waals surface area contributed by atoms with Crippen LogP contribution in [0.1, 0.15) is 25.3 Å². The van der Waals surface area contributed by atoms with E-state index in [0.717, 1.165) is 37.2 Å². The van der Waals surface area contributed by atoms with Crippen molar-refractivity contribution < 1.29 is 13.5 Å². The number of halogens is 1. The number of para-hydroxylation sites is 2. The maximum atomic E-state index is 14.6. The molecule has 3 N–H and O–H groups in total. The number of nitrogens with one attached hydrogen (secondary N) is 1. The Hall–Kier alpha value is -1.80. The molecule has 0 saturated heterocycles. The highest BCUT2D eigenvalue weighted by atomic mass is 32.3. The summed E-state index contributed by atoms with van der Waals surface area (Å²) < 4.78 is 39.5. The van der Waals surface area contributed by atoms with Gasteiger partial charge in [0.05, 0.1) is 11.4 Å². The highest BCUT2D eigenvalue weighted by Gasteiger charge is 2.42. The SMILES string of the molecule is CCNCCCCN1c2ccccc2N(c2ccc(C)cc2F)S1(O)O. The Morgan fingerprint density at radius 1 is 1.04 bits per heavy atom. The molecule has 0 spiro atoms. The average molecular weight is 380 g/mol. The molecule has 142 valence electrons. The lowest BCUT2D eigenvalue weighted by molar-refractivity contribution is 0.481. The zero-order valence-corrected chi connectivity index (χ0v) is 16.0. The number of unbranched alkanes of at least 4 members (excludes halogenated alkanes) is 1. The summed E-state index contributed by atoms with van der Waals surface area (Å²) in [6.45, 7) is 6.17. The Morgan fingerprint density at radius 3 is 2.46 bits per heavy atom. The van der Waals surface area contributed by atoms with Crippen LogP contribution in [0.4, 0.5) is 21.5 Å². The fraction of sp³-hybridized carbons (Fsp3) is 0.368. The highest BCUT2D eigenvalue weighted by Crippen LogP contribution is 2.64. The molecule has 1 heterocycles. The second kappa shape index (κ2) is 7.84. The van der Waals surface area contributed by atoms with Crippen LogP contribution in [0, 0.1) is 12.7 Å². The van der Waals surface area contributed by atoms with Crippen LogP contribution < -0.4 is 13.9 Å². The summed E-state index contributed by atoms with van der Waals surface area (Å²) >= 11 is 0. The topological polar surface area (TPSA) is 59.0 Å². The molecule has 3 rings (SSSR count). The van der Waals surface area contributed by atoms with Gasteiger partial charge in [-0.05, 0) is 73.6 Å². The minimum atomic E-state index is -3.36. The van der Waals surface area contributed by atoms with Gasteiger partial charge in [0, 0.05) is 6.54 Å². The maximum absolute atomic E-state index is 14.6. The van der Waals surface area contributed by atoms with E-state index in [2.05, 4.69) is 12.2 Å². The number of hydrogen-bond acceptors (Lipinski definition) is 5. The summed E-state index contributed by atoms with van der Waals surface area (Å²) in [5.74, 6) is -0.464. The lowest BCUT2D eigenvalue weighted by Crippen LogP contribution is -2.32. The van der Waals surface area contributed by atoms with Crippen LogP contribution in [-0.4, -0.2) is 28.7 Å². The van der Waals surface area contributed by atoms with Crippen molar-refractivity contribution >= 4 is 28.0 Å². The summed E-state index contributed by atoms with van der Waals surface area (Å²) in [6, 6.07) is 12.1. The van der Waals surface area contributed by atoms with Gasteiger partial charge in [-0.15, -0.1) is 0 Å². The molecule has 0 saturated carbocycles. The number of hydrogen-bond donors (Lipinski definition) is 3. The second-order valence-corrected chi connectivity index (χ2v) is 8.18. The van der Waals surface area contributed by atoms with Crippen molar-refractivity contribution in [1.82, 2.24) is 5.32 Å². The van der Waals surface area contributed by atoms with Crippen molar-refractivity contribution in [3.8, 4) is 0 Å². The lowest BCUT2D eigenvalue weighted by Gasteiger charge is -2.43. The molecule has 0 aromatic heterocycles. The van der Waals surface area contributed by atoms with E-state index in [4.69, 9.17) is 0 Å². The minimum Gasteiger partial charge on any atom is -0.317 e. The van der Waals surface area contributed by atoms with Gasteiger partial charge in [0.15, 0.2) is 0 Å². The fourth-order valence-corrected chi connectivity index (χ4v) is 4.99. The zero-order chi connectivity index (χ0) is 18.7. The van der Waals surface area contributed by atoms with Crippen molar-refractivity contribution in [3.05, 3.63) is 53.8 Å². The van der Waals surface area contributed by atoms with Gasteiger partial charge in [-0.1, -0.05) is 25.1 Å². The molecule has 5 nitrogen and oxygen atoms in total. The molecule has 1 aliphatic rings. The monoisotopic (exact) mass is 379 g/mol. The van der Waals surface area contributed by atoms with E-state index in [0.29, 0.717) is 12.2 Å². The molecule has 2 aromatic carbocycles. The van der Waals surface area contributed by atoms with Crippen LogP contribution in [0.2, 0.25) is 0 Å². The van der Waals surface area contributed by atoms with Crippen LogP contribution in [0.5, 0.6) is 0 Å². The number of fused-ring (bicyclic) bond motifs is 1. The predicted molar refractivity (Wildman–Crippen MR) is 108 cm³/mol. The van der Waals surface area contributed by atoms with E-state index < -0.39 is 16.8 Å². The molecule has 26 heavy (non-hydrogen) atoms. The van der Waals surface area contributed by atoms with Gasteiger partial charge in [-0.2, -0.15) is 0 Å². The minimum absolute atomic E-state index is 0.179. The van der Waals surface area contributed by atoms with Gasteiger partial charge in [-0.3, -0.25) is 13.4 Å². The Labute approximate surface area is 156 Å². The smallest absolute Gasteiger partial charge is 0.148 e. The number of rotatable bonds is 7. The third-order valence-electron chi connectivity index (χ3n) is 4.45. The molecule has 2 aromatic rings. The Balaban J connectivity index is 1.91. The first-order chi connectivity index (χ1) is 12.5. The van der Waals surface area contributed by atoms with Crippen LogP contribution in [0.15, 0.2) is 42.5 Å². The molecule has 0 unspecified atom stereocenters. The van der Waals surface area contributed by atoms with Crippen molar-refractivity contribution in [2.45, 2.75) is 26.7 Å². The fourth-order valence-electron chi connectivity index (χ4n) is 3.17. The van der Waals surface area contributed by atoms with Crippen molar-refractivity contribution in [2.24, 2.45) is 0 Å². The zero-order valence-electron chi connectivity index (χ0n) is 15.2. The molecule has 0 fully saturated rings. The molecule has 0 bridgehead atoms. The predicted octanol–water partition coefficient (Wildman–Crippen LogP) is 5.06. The van der Waals surface area contributed by atoms with Gasteiger partial charge in [0.25, 0.3) is 0 Å². The van der Waals surface area contributed by atoms with E-state index in [-0.39, 0.29) is 5.69 Å². The normalized spacial score (nSPS) is 16.7. The van der Waals surface area contributed by atoms with Crippen molar-refractivity contribution in [2.75, 3.05) is 28.2 Å². The van der Waals surface area contributed by atoms with Crippen molar-refractivity contribution in [1.29, 1.82) is 0 Å². The summed E-state index contributed by atoms with van der Waals surface area (Å²) in [5, 5.41) is 3.26. The summed E-state index contributed by atoms with van der Waals surface area (Å²) in [5.41, 5.74) is 2.30. The van der Waals surface area contributed by atoms with E-state index in [1.165, 1.54) is 10.4 Å². The highest BCUT2D eigenvalue weighted by molar-refractivity contribution is 8.27. The first-order valence-electron chi connectivity index (χ1n) is 8.89. The lowest BCUT2D eigenvalue weighted by atomic mass is 10.2. The van der Waals surface area contributed by atoms with Crippen LogP contribution >= 0.6 is 11.0 Å². The third-order valence-corrected chi connectivity index (χ3v) is 6.30. The summed E-state index contributed by atoms with van der Waals surface area (Å²) in [7, 11) is -3.36.